The molecule has 0 saturated heterocycles. The van der Waals surface area contributed by atoms with E-state index in [1.807, 2.05) is 72.0 Å². The van der Waals surface area contributed by atoms with Gasteiger partial charge < -0.3 is 9.47 Å². The summed E-state index contributed by atoms with van der Waals surface area (Å²) >= 11 is 1.44. The molecule has 0 N–H and O–H groups in total. The molecule has 1 atom stereocenters. The minimum absolute atomic E-state index is 0.0910. The number of pyridine rings is 1. The first kappa shape index (κ1) is 22.7. The molecule has 0 aliphatic rings. The van der Waals surface area contributed by atoms with E-state index in [0.717, 1.165) is 23.4 Å². The second-order valence-corrected chi connectivity index (χ2v) is 9.15. The molecule has 33 heavy (non-hydrogen) atoms. The van der Waals surface area contributed by atoms with E-state index >= 15 is 0 Å². The number of carbonyl (C=O) groups is 1. The van der Waals surface area contributed by atoms with Gasteiger partial charge >= 0.3 is 0 Å². The summed E-state index contributed by atoms with van der Waals surface area (Å²) in [7, 11) is 1.92. The molecule has 1 amide bonds. The first-order valence-corrected chi connectivity index (χ1v) is 11.8. The van der Waals surface area contributed by atoms with Crippen molar-refractivity contribution in [2.45, 2.75) is 30.3 Å². The summed E-state index contributed by atoms with van der Waals surface area (Å²) in [4.78, 5) is 19.5. The lowest BCUT2D eigenvalue weighted by atomic mass is 10.1. The number of nitrogens with zero attached hydrogens (tertiary/aromatic N) is 5. The third-order valence-electron chi connectivity index (χ3n) is 5.44. The van der Waals surface area contributed by atoms with Crippen LogP contribution in [0, 0.1) is 0 Å². The van der Waals surface area contributed by atoms with E-state index in [9.17, 15) is 4.79 Å². The van der Waals surface area contributed by atoms with Crippen molar-refractivity contribution in [2.75, 3.05) is 6.54 Å². The Morgan fingerprint density at radius 1 is 0.939 bits per heavy atom. The van der Waals surface area contributed by atoms with Gasteiger partial charge in [0.2, 0.25) is 5.91 Å². The quantitative estimate of drug-likeness (QED) is 0.343. The van der Waals surface area contributed by atoms with Crippen molar-refractivity contribution in [2.24, 2.45) is 7.05 Å². The second kappa shape index (κ2) is 10.9. The van der Waals surface area contributed by atoms with Gasteiger partial charge in [-0.1, -0.05) is 72.4 Å². The van der Waals surface area contributed by atoms with Gasteiger partial charge in [-0.2, -0.15) is 0 Å². The molecular weight excluding hydrogens is 430 g/mol. The van der Waals surface area contributed by atoms with Crippen molar-refractivity contribution in [3.05, 3.63) is 96.3 Å². The Hall–Kier alpha value is -3.45. The van der Waals surface area contributed by atoms with Gasteiger partial charge in [-0.3, -0.25) is 9.78 Å². The molecule has 2 heterocycles. The zero-order valence-corrected chi connectivity index (χ0v) is 19.7. The summed E-state index contributed by atoms with van der Waals surface area (Å²) in [6, 6.07) is 24.2. The lowest BCUT2D eigenvalue weighted by Gasteiger charge is -2.26. The predicted molar refractivity (Wildman–Crippen MR) is 132 cm³/mol. The third-order valence-corrected chi connectivity index (χ3v) is 6.57. The van der Waals surface area contributed by atoms with Crippen LogP contribution in [0.5, 0.6) is 0 Å². The number of hydrogen-bond donors (Lipinski definition) is 0. The van der Waals surface area contributed by atoms with Gasteiger partial charge in [-0.15, -0.1) is 10.2 Å². The van der Waals surface area contributed by atoms with Crippen molar-refractivity contribution in [1.29, 1.82) is 0 Å². The molecule has 0 spiro atoms. The van der Waals surface area contributed by atoms with E-state index < -0.39 is 0 Å². The number of thioether (sulfide) groups is 1. The molecule has 4 rings (SSSR count). The van der Waals surface area contributed by atoms with Crippen LogP contribution in [0.3, 0.4) is 0 Å². The Labute approximate surface area is 198 Å². The molecule has 7 heteroatoms. The molecular formula is C26H27N5OS. The van der Waals surface area contributed by atoms with Gasteiger partial charge in [0.05, 0.1) is 5.25 Å². The molecule has 168 valence electrons. The molecule has 4 aromatic rings. The normalized spacial score (nSPS) is 11.8. The fraction of sp³-hybridized carbons (Fsp3) is 0.231. The average Bonchev–Trinajstić information content (AvgIpc) is 3.22. The Morgan fingerprint density at radius 2 is 1.58 bits per heavy atom. The molecule has 2 aromatic heterocycles. The largest absolute Gasteiger partial charge is 0.337 e. The van der Waals surface area contributed by atoms with Crippen LogP contribution in [0.15, 0.2) is 90.3 Å². The maximum atomic E-state index is 13.5. The number of aromatic nitrogens is 4. The first-order valence-electron chi connectivity index (χ1n) is 10.9. The zero-order chi connectivity index (χ0) is 23.0. The smallest absolute Gasteiger partial charge is 0.236 e. The van der Waals surface area contributed by atoms with Crippen LogP contribution < -0.4 is 0 Å². The summed E-state index contributed by atoms with van der Waals surface area (Å²) in [5, 5.41) is 9.08. The zero-order valence-electron chi connectivity index (χ0n) is 18.8. The SMILES string of the molecule is C[C@H](Sc1nnc(-c2ccncc2)n1C)C(=O)N(CCc1ccccc1)Cc1ccccc1. The van der Waals surface area contributed by atoms with Crippen LogP contribution in [-0.4, -0.2) is 42.4 Å². The maximum absolute atomic E-state index is 13.5. The summed E-state index contributed by atoms with van der Waals surface area (Å²) in [5.74, 6) is 0.845. The summed E-state index contributed by atoms with van der Waals surface area (Å²) < 4.78 is 1.93. The highest BCUT2D eigenvalue weighted by molar-refractivity contribution is 8.00. The fourth-order valence-corrected chi connectivity index (χ4v) is 4.51. The second-order valence-electron chi connectivity index (χ2n) is 7.84. The van der Waals surface area contributed by atoms with Crippen molar-refractivity contribution in [1.82, 2.24) is 24.6 Å². The van der Waals surface area contributed by atoms with E-state index in [2.05, 4.69) is 39.4 Å². The number of rotatable bonds is 9. The Balaban J connectivity index is 1.48. The lowest BCUT2D eigenvalue weighted by molar-refractivity contribution is -0.130. The molecule has 0 unspecified atom stereocenters. The van der Waals surface area contributed by atoms with Crippen molar-refractivity contribution in [3.8, 4) is 11.4 Å². The Kier molecular flexibility index (Phi) is 7.52. The monoisotopic (exact) mass is 457 g/mol. The first-order chi connectivity index (χ1) is 16.1. The minimum atomic E-state index is -0.294. The van der Waals surface area contributed by atoms with Crippen LogP contribution in [0.1, 0.15) is 18.1 Å². The summed E-state index contributed by atoms with van der Waals surface area (Å²) in [6.07, 6.45) is 4.28. The molecule has 0 aliphatic heterocycles. The van der Waals surface area contributed by atoms with E-state index in [-0.39, 0.29) is 11.2 Å². The Bertz CT molecular complexity index is 1170. The highest BCUT2D eigenvalue weighted by atomic mass is 32.2. The number of hydrogen-bond acceptors (Lipinski definition) is 5. The van der Waals surface area contributed by atoms with Gasteiger partial charge in [0.25, 0.3) is 0 Å². The Morgan fingerprint density at radius 3 is 2.24 bits per heavy atom. The molecule has 0 bridgehead atoms. The van der Waals surface area contributed by atoms with Crippen LogP contribution in [0.25, 0.3) is 11.4 Å². The topological polar surface area (TPSA) is 63.9 Å². The van der Waals surface area contributed by atoms with Gasteiger partial charge in [0, 0.05) is 38.1 Å². The number of carbonyl (C=O) groups excluding carboxylic acids is 1. The number of amides is 1. The van der Waals surface area contributed by atoms with Gasteiger partial charge in [-0.25, -0.2) is 0 Å². The molecule has 0 aliphatic carbocycles. The minimum Gasteiger partial charge on any atom is -0.337 e. The van der Waals surface area contributed by atoms with Crippen molar-refractivity contribution >= 4 is 17.7 Å². The van der Waals surface area contributed by atoms with E-state index in [1.54, 1.807) is 12.4 Å². The summed E-state index contributed by atoms with van der Waals surface area (Å²) in [6.45, 7) is 3.18. The maximum Gasteiger partial charge on any atom is 0.236 e. The highest BCUT2D eigenvalue weighted by Gasteiger charge is 2.24. The molecule has 6 nitrogen and oxygen atoms in total. The fourth-order valence-electron chi connectivity index (χ4n) is 3.62. The van der Waals surface area contributed by atoms with Crippen molar-refractivity contribution < 1.29 is 4.79 Å². The molecule has 0 fully saturated rings. The van der Waals surface area contributed by atoms with Crippen LogP contribution in [0.2, 0.25) is 0 Å². The molecule has 0 radical (unpaired) electrons. The highest BCUT2D eigenvalue weighted by Crippen LogP contribution is 2.26. The van der Waals surface area contributed by atoms with Gasteiger partial charge in [-0.05, 0) is 36.6 Å². The molecule has 2 aromatic carbocycles. The van der Waals surface area contributed by atoms with Crippen LogP contribution in [0.4, 0.5) is 0 Å². The van der Waals surface area contributed by atoms with Crippen molar-refractivity contribution in [3.63, 3.8) is 0 Å². The van der Waals surface area contributed by atoms with Crippen LogP contribution in [-0.2, 0) is 24.8 Å². The van der Waals surface area contributed by atoms with E-state index in [1.165, 1.54) is 17.3 Å². The average molecular weight is 458 g/mol. The van der Waals surface area contributed by atoms with Crippen LogP contribution >= 0.6 is 11.8 Å². The van der Waals surface area contributed by atoms with Gasteiger partial charge in [0.15, 0.2) is 11.0 Å². The van der Waals surface area contributed by atoms with E-state index in [4.69, 9.17) is 0 Å². The summed E-state index contributed by atoms with van der Waals surface area (Å²) in [5.41, 5.74) is 3.29. The number of benzene rings is 2. The third kappa shape index (κ3) is 5.87. The van der Waals surface area contributed by atoms with Gasteiger partial charge in [0.1, 0.15) is 0 Å². The molecule has 0 saturated carbocycles. The lowest BCUT2D eigenvalue weighted by Crippen LogP contribution is -2.37. The van der Waals surface area contributed by atoms with E-state index in [0.29, 0.717) is 18.2 Å². The predicted octanol–water partition coefficient (Wildman–Crippen LogP) is 4.63. The standard InChI is InChI=1S/C26H27N5OS/c1-20(33-26-29-28-24(30(26)2)23-13-16-27-17-14-23)25(32)31(19-22-11-7-4-8-12-22)18-15-21-9-5-3-6-10-21/h3-14,16-17,20H,15,18-19H2,1-2H3/t20-/m0/s1.